The average Bonchev–Trinajstić information content (AvgIpc) is 3.04. The van der Waals surface area contributed by atoms with Gasteiger partial charge in [0.1, 0.15) is 5.76 Å². The number of likely N-dealkylation sites (tertiary alicyclic amines) is 1. The summed E-state index contributed by atoms with van der Waals surface area (Å²) in [5.74, 6) is 1.32. The molecule has 2 heterocycles. The molecule has 1 fully saturated rings. The standard InChI is InChI=1S/C18H21NO3/c1-21-18(20)17-8-7-16(22-17)13-19-11-9-15(10-12-19)14-5-3-2-4-6-14/h2-8,15H,9-13H2,1H3. The van der Waals surface area contributed by atoms with Crippen LogP contribution < -0.4 is 0 Å². The number of piperidine rings is 1. The number of hydrogen-bond donors (Lipinski definition) is 0. The summed E-state index contributed by atoms with van der Waals surface area (Å²) in [4.78, 5) is 13.8. The Balaban J connectivity index is 1.54. The van der Waals surface area contributed by atoms with Gasteiger partial charge >= 0.3 is 5.97 Å². The number of carbonyl (C=O) groups excluding carboxylic acids is 1. The molecule has 1 aliphatic rings. The van der Waals surface area contributed by atoms with Crippen LogP contribution in [0.15, 0.2) is 46.9 Å². The largest absolute Gasteiger partial charge is 0.463 e. The molecule has 2 aromatic rings. The molecule has 1 aromatic carbocycles. The van der Waals surface area contributed by atoms with Crippen LogP contribution in [0.5, 0.6) is 0 Å². The molecule has 22 heavy (non-hydrogen) atoms. The van der Waals surface area contributed by atoms with E-state index in [9.17, 15) is 4.79 Å². The van der Waals surface area contributed by atoms with Crippen molar-refractivity contribution in [2.75, 3.05) is 20.2 Å². The Labute approximate surface area is 130 Å². The van der Waals surface area contributed by atoms with Gasteiger partial charge in [0.25, 0.3) is 0 Å². The molecule has 4 nitrogen and oxygen atoms in total. The zero-order valence-electron chi connectivity index (χ0n) is 12.8. The minimum atomic E-state index is -0.422. The van der Waals surface area contributed by atoms with Crippen molar-refractivity contribution in [1.82, 2.24) is 4.90 Å². The van der Waals surface area contributed by atoms with Crippen LogP contribution in [0.2, 0.25) is 0 Å². The van der Waals surface area contributed by atoms with Gasteiger partial charge in [-0.3, -0.25) is 4.90 Å². The van der Waals surface area contributed by atoms with Crippen LogP contribution in [-0.2, 0) is 11.3 Å². The summed E-state index contributed by atoms with van der Waals surface area (Å²) in [6.45, 7) is 2.85. The molecular formula is C18H21NO3. The Hall–Kier alpha value is -2.07. The van der Waals surface area contributed by atoms with E-state index >= 15 is 0 Å². The quantitative estimate of drug-likeness (QED) is 0.811. The predicted octanol–water partition coefficient (Wildman–Crippen LogP) is 3.45. The average molecular weight is 299 g/mol. The van der Waals surface area contributed by atoms with Crippen molar-refractivity contribution in [3.63, 3.8) is 0 Å². The molecule has 1 aliphatic heterocycles. The highest BCUT2D eigenvalue weighted by molar-refractivity contribution is 5.86. The van der Waals surface area contributed by atoms with Crippen molar-refractivity contribution in [3.8, 4) is 0 Å². The lowest BCUT2D eigenvalue weighted by Crippen LogP contribution is -2.32. The van der Waals surface area contributed by atoms with Crippen molar-refractivity contribution in [2.24, 2.45) is 0 Å². The maximum atomic E-state index is 11.4. The number of methoxy groups -OCH3 is 1. The van der Waals surface area contributed by atoms with Crippen molar-refractivity contribution in [2.45, 2.75) is 25.3 Å². The molecule has 4 heteroatoms. The van der Waals surface area contributed by atoms with E-state index in [-0.39, 0.29) is 5.76 Å². The maximum Gasteiger partial charge on any atom is 0.373 e. The summed E-state index contributed by atoms with van der Waals surface area (Å²) >= 11 is 0. The van der Waals surface area contributed by atoms with Crippen molar-refractivity contribution < 1.29 is 13.9 Å². The normalized spacial score (nSPS) is 16.6. The second-order valence-corrected chi connectivity index (χ2v) is 5.72. The zero-order valence-corrected chi connectivity index (χ0v) is 12.8. The minimum Gasteiger partial charge on any atom is -0.463 e. The molecule has 0 saturated carbocycles. The van der Waals surface area contributed by atoms with E-state index in [1.807, 2.05) is 6.07 Å². The first-order valence-electron chi connectivity index (χ1n) is 7.70. The highest BCUT2D eigenvalue weighted by atomic mass is 16.5. The van der Waals surface area contributed by atoms with Crippen LogP contribution in [0.1, 0.15) is 40.6 Å². The molecule has 0 amide bonds. The number of carbonyl (C=O) groups is 1. The lowest BCUT2D eigenvalue weighted by molar-refractivity contribution is 0.0560. The van der Waals surface area contributed by atoms with Gasteiger partial charge in [-0.05, 0) is 49.5 Å². The summed E-state index contributed by atoms with van der Waals surface area (Å²) in [6, 6.07) is 14.3. The lowest BCUT2D eigenvalue weighted by Gasteiger charge is -2.31. The SMILES string of the molecule is COC(=O)c1ccc(CN2CCC(c3ccccc3)CC2)o1. The molecule has 3 rings (SSSR count). The maximum absolute atomic E-state index is 11.4. The molecule has 0 unspecified atom stereocenters. The van der Waals surface area contributed by atoms with Crippen molar-refractivity contribution in [1.29, 1.82) is 0 Å². The third kappa shape index (κ3) is 3.39. The smallest absolute Gasteiger partial charge is 0.373 e. The van der Waals surface area contributed by atoms with Gasteiger partial charge in [-0.25, -0.2) is 4.79 Å². The molecule has 116 valence electrons. The molecule has 0 aliphatic carbocycles. The first-order chi connectivity index (χ1) is 10.8. The molecule has 0 atom stereocenters. The van der Waals surface area contributed by atoms with E-state index in [1.165, 1.54) is 12.7 Å². The molecule has 0 N–H and O–H groups in total. The molecule has 0 spiro atoms. The number of rotatable bonds is 4. The summed E-state index contributed by atoms with van der Waals surface area (Å²) in [5.41, 5.74) is 1.44. The van der Waals surface area contributed by atoms with E-state index in [0.717, 1.165) is 38.2 Å². The first-order valence-corrected chi connectivity index (χ1v) is 7.70. The number of furan rings is 1. The minimum absolute atomic E-state index is 0.275. The highest BCUT2D eigenvalue weighted by Gasteiger charge is 2.21. The van der Waals surface area contributed by atoms with Gasteiger partial charge in [0.2, 0.25) is 5.76 Å². The van der Waals surface area contributed by atoms with Crippen molar-refractivity contribution in [3.05, 3.63) is 59.5 Å². The second kappa shape index (κ2) is 6.79. The van der Waals surface area contributed by atoms with Crippen molar-refractivity contribution >= 4 is 5.97 Å². The van der Waals surface area contributed by atoms with Gasteiger partial charge in [0, 0.05) is 0 Å². The van der Waals surface area contributed by atoms with Crippen LogP contribution >= 0.6 is 0 Å². The molecule has 0 radical (unpaired) electrons. The van der Waals surface area contributed by atoms with Gasteiger partial charge in [-0.15, -0.1) is 0 Å². The Kier molecular flexibility index (Phi) is 4.59. The number of hydrogen-bond acceptors (Lipinski definition) is 4. The zero-order chi connectivity index (χ0) is 15.4. The number of esters is 1. The molecule has 1 saturated heterocycles. The first kappa shape index (κ1) is 14.9. The topological polar surface area (TPSA) is 42.7 Å². The fraction of sp³-hybridized carbons (Fsp3) is 0.389. The van der Waals surface area contributed by atoms with Gasteiger partial charge in [-0.1, -0.05) is 30.3 Å². The molecule has 0 bridgehead atoms. The monoisotopic (exact) mass is 299 g/mol. The Morgan fingerprint density at radius 2 is 1.91 bits per heavy atom. The molecule has 1 aromatic heterocycles. The summed E-state index contributed by atoms with van der Waals surface area (Å²) in [6.07, 6.45) is 2.32. The van der Waals surface area contributed by atoms with Crippen LogP contribution in [0.3, 0.4) is 0 Å². The van der Waals surface area contributed by atoms with E-state index in [2.05, 4.69) is 40.0 Å². The number of benzene rings is 1. The number of ether oxygens (including phenoxy) is 1. The fourth-order valence-electron chi connectivity index (χ4n) is 3.04. The van der Waals surface area contributed by atoms with E-state index in [0.29, 0.717) is 5.92 Å². The van der Waals surface area contributed by atoms with Gasteiger partial charge in [-0.2, -0.15) is 0 Å². The lowest BCUT2D eigenvalue weighted by atomic mass is 9.89. The van der Waals surface area contributed by atoms with Crippen LogP contribution in [0.4, 0.5) is 0 Å². The van der Waals surface area contributed by atoms with Gasteiger partial charge < -0.3 is 9.15 Å². The summed E-state index contributed by atoms with van der Waals surface area (Å²) in [7, 11) is 1.36. The third-order valence-corrected chi connectivity index (χ3v) is 4.29. The Morgan fingerprint density at radius 3 is 2.59 bits per heavy atom. The second-order valence-electron chi connectivity index (χ2n) is 5.72. The van der Waals surface area contributed by atoms with E-state index in [4.69, 9.17) is 4.42 Å². The Bertz CT molecular complexity index is 612. The van der Waals surface area contributed by atoms with Crippen LogP contribution in [0, 0.1) is 0 Å². The fourth-order valence-corrected chi connectivity index (χ4v) is 3.04. The van der Waals surface area contributed by atoms with Crippen LogP contribution in [-0.4, -0.2) is 31.1 Å². The predicted molar refractivity (Wildman–Crippen MR) is 83.7 cm³/mol. The van der Waals surface area contributed by atoms with Gasteiger partial charge in [0.05, 0.1) is 13.7 Å². The number of nitrogens with zero attached hydrogens (tertiary/aromatic N) is 1. The third-order valence-electron chi connectivity index (χ3n) is 4.29. The Morgan fingerprint density at radius 1 is 1.18 bits per heavy atom. The van der Waals surface area contributed by atoms with E-state index in [1.54, 1.807) is 6.07 Å². The molecular weight excluding hydrogens is 278 g/mol. The summed E-state index contributed by atoms with van der Waals surface area (Å²) in [5, 5.41) is 0. The summed E-state index contributed by atoms with van der Waals surface area (Å²) < 4.78 is 10.2. The van der Waals surface area contributed by atoms with Gasteiger partial charge in [0.15, 0.2) is 0 Å². The highest BCUT2D eigenvalue weighted by Crippen LogP contribution is 2.28. The van der Waals surface area contributed by atoms with Crippen LogP contribution in [0.25, 0.3) is 0 Å². The van der Waals surface area contributed by atoms with E-state index < -0.39 is 5.97 Å².